The van der Waals surface area contributed by atoms with Crippen molar-refractivity contribution in [3.63, 3.8) is 0 Å². The van der Waals surface area contributed by atoms with Crippen LogP contribution in [-0.4, -0.2) is 44.1 Å². The number of nitrogen functional groups attached to an aromatic ring is 1. The van der Waals surface area contributed by atoms with E-state index in [-0.39, 0.29) is 36.2 Å². The van der Waals surface area contributed by atoms with E-state index in [1.54, 1.807) is 50.2 Å². The molecule has 8 nitrogen and oxygen atoms in total. The van der Waals surface area contributed by atoms with Gasteiger partial charge in [0, 0.05) is 17.8 Å². The number of hydrogen-bond donors (Lipinski definition) is 2. The molecule has 3 N–H and O–H groups in total. The Morgan fingerprint density at radius 1 is 1.32 bits per heavy atom. The summed E-state index contributed by atoms with van der Waals surface area (Å²) in [6.45, 7) is 2.20. The molecule has 1 aromatic carbocycles. The molecule has 0 saturated carbocycles. The maximum absolute atomic E-state index is 12.3. The SMILES string of the molecule is CCOC(=O)c1sc(N)c(C#N)c1CN(C)CC(=O)Nc1ccc(OC)cc1. The first-order valence-corrected chi connectivity index (χ1v) is 9.32. The second-order valence-corrected chi connectivity index (χ2v) is 6.98. The van der Waals surface area contributed by atoms with Crippen LogP contribution >= 0.6 is 11.3 Å². The number of hydrogen-bond acceptors (Lipinski definition) is 8. The highest BCUT2D eigenvalue weighted by molar-refractivity contribution is 7.18. The van der Waals surface area contributed by atoms with Crippen molar-refractivity contribution >= 4 is 33.9 Å². The fourth-order valence-corrected chi connectivity index (χ4v) is 3.49. The average Bonchev–Trinajstić information content (AvgIpc) is 2.97. The minimum Gasteiger partial charge on any atom is -0.497 e. The first kappa shape index (κ1) is 21.2. The first-order valence-electron chi connectivity index (χ1n) is 8.50. The van der Waals surface area contributed by atoms with Crippen molar-refractivity contribution in [2.45, 2.75) is 13.5 Å². The largest absolute Gasteiger partial charge is 0.497 e. The number of benzene rings is 1. The van der Waals surface area contributed by atoms with Gasteiger partial charge in [0.25, 0.3) is 0 Å². The first-order chi connectivity index (χ1) is 13.4. The highest BCUT2D eigenvalue weighted by atomic mass is 32.1. The van der Waals surface area contributed by atoms with Gasteiger partial charge in [-0.3, -0.25) is 9.69 Å². The molecule has 0 bridgehead atoms. The lowest BCUT2D eigenvalue weighted by Crippen LogP contribution is -2.30. The predicted octanol–water partition coefficient (Wildman–Crippen LogP) is 2.46. The van der Waals surface area contributed by atoms with E-state index in [2.05, 4.69) is 5.32 Å². The van der Waals surface area contributed by atoms with E-state index in [9.17, 15) is 14.9 Å². The van der Waals surface area contributed by atoms with Crippen molar-refractivity contribution in [1.29, 1.82) is 5.26 Å². The number of anilines is 2. The Balaban J connectivity index is 2.07. The molecule has 0 unspecified atom stereocenters. The van der Waals surface area contributed by atoms with Crippen molar-refractivity contribution in [2.24, 2.45) is 0 Å². The Morgan fingerprint density at radius 2 is 2.00 bits per heavy atom. The quantitative estimate of drug-likeness (QED) is 0.651. The number of rotatable bonds is 8. The molecule has 0 fully saturated rings. The maximum atomic E-state index is 12.3. The fraction of sp³-hybridized carbons (Fsp3) is 0.316. The van der Waals surface area contributed by atoms with Crippen LogP contribution in [0, 0.1) is 11.3 Å². The van der Waals surface area contributed by atoms with Gasteiger partial charge in [-0.2, -0.15) is 5.26 Å². The molecule has 0 spiro atoms. The molecule has 0 saturated heterocycles. The summed E-state index contributed by atoms with van der Waals surface area (Å²) in [6, 6.07) is 9.00. The molecule has 1 amide bonds. The van der Waals surface area contributed by atoms with E-state index in [4.69, 9.17) is 15.2 Å². The molecule has 9 heteroatoms. The summed E-state index contributed by atoms with van der Waals surface area (Å²) in [5, 5.41) is 12.4. The van der Waals surface area contributed by atoms with Crippen LogP contribution in [0.4, 0.5) is 10.7 Å². The van der Waals surface area contributed by atoms with Gasteiger partial charge in [0.05, 0.1) is 25.8 Å². The number of carbonyl (C=O) groups is 2. The second-order valence-electron chi connectivity index (χ2n) is 5.93. The van der Waals surface area contributed by atoms with Crippen LogP contribution in [-0.2, 0) is 16.1 Å². The number of carbonyl (C=O) groups excluding carboxylic acids is 2. The van der Waals surface area contributed by atoms with E-state index in [0.717, 1.165) is 11.3 Å². The third-order valence-corrected chi connectivity index (χ3v) is 4.86. The summed E-state index contributed by atoms with van der Waals surface area (Å²) in [6.07, 6.45) is 0. The maximum Gasteiger partial charge on any atom is 0.348 e. The molecule has 148 valence electrons. The normalized spacial score (nSPS) is 10.4. The molecule has 28 heavy (non-hydrogen) atoms. The zero-order chi connectivity index (χ0) is 20.7. The average molecular weight is 402 g/mol. The number of likely N-dealkylation sites (N-methyl/N-ethyl adjacent to an activating group) is 1. The van der Waals surface area contributed by atoms with Crippen LogP contribution < -0.4 is 15.8 Å². The number of nitrogens with one attached hydrogen (secondary N) is 1. The molecule has 0 atom stereocenters. The van der Waals surface area contributed by atoms with Gasteiger partial charge in [-0.05, 0) is 38.2 Å². The fourth-order valence-electron chi connectivity index (χ4n) is 2.57. The number of esters is 1. The van der Waals surface area contributed by atoms with Gasteiger partial charge in [-0.1, -0.05) is 0 Å². The lowest BCUT2D eigenvalue weighted by atomic mass is 10.1. The third kappa shape index (κ3) is 5.22. The topological polar surface area (TPSA) is 118 Å². The van der Waals surface area contributed by atoms with Gasteiger partial charge in [0.15, 0.2) is 0 Å². The molecule has 2 rings (SSSR count). The molecule has 0 aliphatic rings. The zero-order valence-electron chi connectivity index (χ0n) is 15.9. The Kier molecular flexibility index (Phi) is 7.37. The van der Waals surface area contributed by atoms with Crippen molar-refractivity contribution < 1.29 is 19.1 Å². The van der Waals surface area contributed by atoms with Crippen molar-refractivity contribution in [3.05, 3.63) is 40.3 Å². The summed E-state index contributed by atoms with van der Waals surface area (Å²) in [5.41, 5.74) is 7.23. The Hall–Kier alpha value is -3.09. The van der Waals surface area contributed by atoms with Gasteiger partial charge in [0.1, 0.15) is 21.7 Å². The van der Waals surface area contributed by atoms with Crippen LogP contribution in [0.2, 0.25) is 0 Å². The number of nitrogens with two attached hydrogens (primary N) is 1. The van der Waals surface area contributed by atoms with Crippen molar-refractivity contribution in [2.75, 3.05) is 38.4 Å². The standard InChI is InChI=1S/C19H22N4O4S/c1-4-27-19(25)17-15(14(9-20)18(21)28-17)10-23(2)11-16(24)22-12-5-7-13(26-3)8-6-12/h5-8H,4,10-11,21H2,1-3H3,(H,22,24). The molecule has 2 aromatic rings. The summed E-state index contributed by atoms with van der Waals surface area (Å²) in [5.74, 6) is -0.0560. The van der Waals surface area contributed by atoms with E-state index < -0.39 is 5.97 Å². The van der Waals surface area contributed by atoms with Gasteiger partial charge in [0.2, 0.25) is 5.91 Å². The number of methoxy groups -OCH3 is 1. The van der Waals surface area contributed by atoms with Crippen molar-refractivity contribution in [1.82, 2.24) is 4.90 Å². The van der Waals surface area contributed by atoms with Gasteiger partial charge >= 0.3 is 5.97 Å². The summed E-state index contributed by atoms with van der Waals surface area (Å²) < 4.78 is 10.1. The number of nitriles is 1. The smallest absolute Gasteiger partial charge is 0.348 e. The van der Waals surface area contributed by atoms with Gasteiger partial charge < -0.3 is 20.5 Å². The van der Waals surface area contributed by atoms with Gasteiger partial charge in [-0.15, -0.1) is 11.3 Å². The van der Waals surface area contributed by atoms with Crippen LogP contribution in [0.5, 0.6) is 5.75 Å². The summed E-state index contributed by atoms with van der Waals surface area (Å²) in [4.78, 5) is 26.4. The number of nitrogens with zero attached hydrogens (tertiary/aromatic N) is 2. The van der Waals surface area contributed by atoms with Crippen LogP contribution in [0.25, 0.3) is 0 Å². The molecule has 0 radical (unpaired) electrons. The van der Waals surface area contributed by atoms with E-state index >= 15 is 0 Å². The Labute approximate surface area is 167 Å². The zero-order valence-corrected chi connectivity index (χ0v) is 16.8. The van der Waals surface area contributed by atoms with Gasteiger partial charge in [-0.25, -0.2) is 4.79 Å². The molecular weight excluding hydrogens is 380 g/mol. The van der Waals surface area contributed by atoms with E-state index in [0.29, 0.717) is 21.9 Å². The number of ether oxygens (including phenoxy) is 2. The second kappa shape index (κ2) is 9.73. The lowest BCUT2D eigenvalue weighted by molar-refractivity contribution is -0.117. The molecule has 0 aliphatic heterocycles. The molecule has 1 aromatic heterocycles. The Bertz CT molecular complexity index is 887. The summed E-state index contributed by atoms with van der Waals surface area (Å²) >= 11 is 1.02. The molecule has 1 heterocycles. The van der Waals surface area contributed by atoms with E-state index in [1.165, 1.54) is 0 Å². The van der Waals surface area contributed by atoms with Crippen LogP contribution in [0.15, 0.2) is 24.3 Å². The lowest BCUT2D eigenvalue weighted by Gasteiger charge is -2.17. The molecular formula is C19H22N4O4S. The van der Waals surface area contributed by atoms with Crippen LogP contribution in [0.1, 0.15) is 27.7 Å². The highest BCUT2D eigenvalue weighted by Crippen LogP contribution is 2.32. The Morgan fingerprint density at radius 3 is 2.57 bits per heavy atom. The number of amides is 1. The monoisotopic (exact) mass is 402 g/mol. The van der Waals surface area contributed by atoms with Crippen molar-refractivity contribution in [3.8, 4) is 11.8 Å². The minimum atomic E-state index is -0.521. The highest BCUT2D eigenvalue weighted by Gasteiger charge is 2.24. The third-order valence-electron chi connectivity index (χ3n) is 3.82. The van der Waals surface area contributed by atoms with Crippen LogP contribution in [0.3, 0.4) is 0 Å². The predicted molar refractivity (Wildman–Crippen MR) is 107 cm³/mol. The summed E-state index contributed by atoms with van der Waals surface area (Å²) in [7, 11) is 3.29. The number of thiophene rings is 1. The minimum absolute atomic E-state index is 0.0644. The van der Waals surface area contributed by atoms with E-state index in [1.807, 2.05) is 6.07 Å². The molecule has 0 aliphatic carbocycles.